The zero-order valence-electron chi connectivity index (χ0n) is 10.7. The van der Waals surface area contributed by atoms with Gasteiger partial charge in [-0.15, -0.1) is 0 Å². The van der Waals surface area contributed by atoms with E-state index in [1.165, 1.54) is 0 Å². The lowest BCUT2D eigenvalue weighted by Crippen LogP contribution is -2.30. The summed E-state index contributed by atoms with van der Waals surface area (Å²) in [6.07, 6.45) is -3.79. The molecule has 0 bridgehead atoms. The summed E-state index contributed by atoms with van der Waals surface area (Å²) in [6, 6.07) is 0. The van der Waals surface area contributed by atoms with Gasteiger partial charge in [-0.1, -0.05) is 24.9 Å². The predicted octanol–water partition coefficient (Wildman–Crippen LogP) is 2.83. The topological polar surface area (TPSA) is 59.2 Å². The van der Waals surface area contributed by atoms with Gasteiger partial charge in [0.1, 0.15) is 0 Å². The molecule has 7 heteroatoms. The molecule has 0 aliphatic heterocycles. The number of aliphatic hydroxyl groups excluding tert-OH is 1. The van der Waals surface area contributed by atoms with Crippen LogP contribution in [-0.2, 0) is 6.42 Å². The molecule has 1 aliphatic carbocycles. The molecule has 1 N–H and O–H groups in total. The van der Waals surface area contributed by atoms with Gasteiger partial charge in [0.25, 0.3) is 0 Å². The zero-order chi connectivity index (χ0) is 14.0. The first-order valence-electron chi connectivity index (χ1n) is 6.43. The lowest BCUT2D eigenvalue weighted by Gasteiger charge is -2.23. The maximum Gasteiger partial charge on any atom is 0.414 e. The standard InChI is InChI=1S/C12H17F3N2O2/c1-7-2-4-8(5-3-7)11-16-10(19-17-11)6-9(18)12(13,14)15/h7-9,18H,2-6H2,1H3. The quantitative estimate of drug-likeness (QED) is 0.923. The third-order valence-corrected chi connectivity index (χ3v) is 3.61. The van der Waals surface area contributed by atoms with Crippen LogP contribution < -0.4 is 0 Å². The molecule has 0 aromatic carbocycles. The van der Waals surface area contributed by atoms with E-state index >= 15 is 0 Å². The SMILES string of the molecule is CC1CCC(c2noc(CC(O)C(F)(F)F)n2)CC1. The van der Waals surface area contributed by atoms with Crippen molar-refractivity contribution in [2.45, 2.75) is 57.2 Å². The number of rotatable bonds is 3. The molecule has 0 amide bonds. The molecule has 1 heterocycles. The van der Waals surface area contributed by atoms with Crippen LogP contribution in [0.5, 0.6) is 0 Å². The summed E-state index contributed by atoms with van der Waals surface area (Å²) in [5.41, 5.74) is 0. The molecule has 1 fully saturated rings. The Morgan fingerprint density at radius 1 is 1.32 bits per heavy atom. The van der Waals surface area contributed by atoms with Crippen LogP contribution in [-0.4, -0.2) is 27.5 Å². The predicted molar refractivity (Wildman–Crippen MR) is 60.4 cm³/mol. The Labute approximate surface area is 109 Å². The van der Waals surface area contributed by atoms with E-state index in [1.54, 1.807) is 0 Å². The van der Waals surface area contributed by atoms with Crippen molar-refractivity contribution in [2.75, 3.05) is 0 Å². The average molecular weight is 278 g/mol. The second-order valence-corrected chi connectivity index (χ2v) is 5.26. The highest BCUT2D eigenvalue weighted by Crippen LogP contribution is 2.34. The van der Waals surface area contributed by atoms with E-state index in [2.05, 4.69) is 17.1 Å². The second-order valence-electron chi connectivity index (χ2n) is 5.26. The molecule has 1 aromatic rings. The highest BCUT2D eigenvalue weighted by Gasteiger charge is 2.39. The number of nitrogens with zero attached hydrogens (tertiary/aromatic N) is 2. The number of hydrogen-bond donors (Lipinski definition) is 1. The van der Waals surface area contributed by atoms with E-state index in [4.69, 9.17) is 9.63 Å². The Kier molecular flexibility index (Phi) is 4.13. The smallest absolute Gasteiger partial charge is 0.383 e. The number of hydrogen-bond acceptors (Lipinski definition) is 4. The van der Waals surface area contributed by atoms with Crippen molar-refractivity contribution in [3.8, 4) is 0 Å². The van der Waals surface area contributed by atoms with Crippen molar-refractivity contribution in [3.05, 3.63) is 11.7 Å². The summed E-state index contributed by atoms with van der Waals surface area (Å²) in [5, 5.41) is 12.7. The summed E-state index contributed by atoms with van der Waals surface area (Å²) in [7, 11) is 0. The van der Waals surface area contributed by atoms with E-state index in [0.717, 1.165) is 25.7 Å². The molecule has 108 valence electrons. The van der Waals surface area contributed by atoms with Crippen LogP contribution in [0.25, 0.3) is 0 Å². The Morgan fingerprint density at radius 3 is 2.53 bits per heavy atom. The van der Waals surface area contributed by atoms with Gasteiger partial charge in [0, 0.05) is 5.92 Å². The zero-order valence-corrected chi connectivity index (χ0v) is 10.7. The van der Waals surface area contributed by atoms with Gasteiger partial charge in [-0.2, -0.15) is 18.2 Å². The van der Waals surface area contributed by atoms with E-state index in [9.17, 15) is 13.2 Å². The van der Waals surface area contributed by atoms with Gasteiger partial charge in [0.05, 0.1) is 6.42 Å². The number of aromatic nitrogens is 2. The third-order valence-electron chi connectivity index (χ3n) is 3.61. The molecule has 1 unspecified atom stereocenters. The first-order valence-corrected chi connectivity index (χ1v) is 6.43. The van der Waals surface area contributed by atoms with Crippen LogP contribution >= 0.6 is 0 Å². The number of alkyl halides is 3. The van der Waals surface area contributed by atoms with E-state index in [-0.39, 0.29) is 11.8 Å². The normalized spacial score (nSPS) is 26.4. The molecular formula is C12H17F3N2O2. The molecule has 1 aliphatic rings. The van der Waals surface area contributed by atoms with Crippen molar-refractivity contribution in [1.29, 1.82) is 0 Å². The molecule has 0 spiro atoms. The van der Waals surface area contributed by atoms with Crippen LogP contribution in [0.1, 0.15) is 50.2 Å². The average Bonchev–Trinajstić information content (AvgIpc) is 2.77. The highest BCUT2D eigenvalue weighted by molar-refractivity contribution is 4.98. The molecule has 1 saturated carbocycles. The van der Waals surface area contributed by atoms with Crippen molar-refractivity contribution in [2.24, 2.45) is 5.92 Å². The Bertz CT molecular complexity index is 411. The highest BCUT2D eigenvalue weighted by atomic mass is 19.4. The summed E-state index contributed by atoms with van der Waals surface area (Å²) in [5.74, 6) is 1.15. The summed E-state index contributed by atoms with van der Waals surface area (Å²) < 4.78 is 41.4. The van der Waals surface area contributed by atoms with E-state index < -0.39 is 18.7 Å². The molecule has 2 rings (SSSR count). The minimum Gasteiger partial charge on any atom is -0.383 e. The Morgan fingerprint density at radius 2 is 1.95 bits per heavy atom. The lowest BCUT2D eigenvalue weighted by molar-refractivity contribution is -0.204. The minimum atomic E-state index is -4.66. The lowest BCUT2D eigenvalue weighted by atomic mass is 9.83. The molecule has 1 atom stereocenters. The maximum atomic E-state index is 12.2. The fourth-order valence-electron chi connectivity index (χ4n) is 2.32. The Balaban J connectivity index is 1.95. The molecular weight excluding hydrogens is 261 g/mol. The summed E-state index contributed by atoms with van der Waals surface area (Å²) in [6.45, 7) is 2.18. The summed E-state index contributed by atoms with van der Waals surface area (Å²) in [4.78, 5) is 3.97. The molecule has 0 saturated heterocycles. The first-order chi connectivity index (χ1) is 8.86. The van der Waals surface area contributed by atoms with Crippen molar-refractivity contribution in [1.82, 2.24) is 10.1 Å². The van der Waals surface area contributed by atoms with Gasteiger partial charge < -0.3 is 9.63 Å². The van der Waals surface area contributed by atoms with Crippen LogP contribution in [0.3, 0.4) is 0 Å². The minimum absolute atomic E-state index is 0.154. The van der Waals surface area contributed by atoms with Crippen molar-refractivity contribution in [3.63, 3.8) is 0 Å². The van der Waals surface area contributed by atoms with Crippen LogP contribution in [0.15, 0.2) is 4.52 Å². The van der Waals surface area contributed by atoms with E-state index in [1.807, 2.05) is 0 Å². The van der Waals surface area contributed by atoms with Gasteiger partial charge in [-0.05, 0) is 18.8 Å². The Hall–Kier alpha value is -1.11. The monoisotopic (exact) mass is 278 g/mol. The molecule has 4 nitrogen and oxygen atoms in total. The molecule has 1 aromatic heterocycles. The van der Waals surface area contributed by atoms with Crippen molar-refractivity contribution < 1.29 is 22.8 Å². The van der Waals surface area contributed by atoms with Gasteiger partial charge in [0.2, 0.25) is 5.89 Å². The fraction of sp³-hybridized carbons (Fsp3) is 0.833. The maximum absolute atomic E-state index is 12.2. The van der Waals surface area contributed by atoms with E-state index in [0.29, 0.717) is 11.7 Å². The van der Waals surface area contributed by atoms with Gasteiger partial charge in [-0.3, -0.25) is 0 Å². The van der Waals surface area contributed by atoms with Crippen molar-refractivity contribution >= 4 is 0 Å². The van der Waals surface area contributed by atoms with Crippen LogP contribution in [0.2, 0.25) is 0 Å². The first kappa shape index (κ1) is 14.3. The number of halogens is 3. The van der Waals surface area contributed by atoms with Gasteiger partial charge in [-0.25, -0.2) is 0 Å². The molecule has 19 heavy (non-hydrogen) atoms. The van der Waals surface area contributed by atoms with Crippen LogP contribution in [0, 0.1) is 5.92 Å². The third kappa shape index (κ3) is 3.68. The molecule has 0 radical (unpaired) electrons. The van der Waals surface area contributed by atoms with Crippen LogP contribution in [0.4, 0.5) is 13.2 Å². The van der Waals surface area contributed by atoms with Gasteiger partial charge in [0.15, 0.2) is 11.9 Å². The van der Waals surface area contributed by atoms with Gasteiger partial charge >= 0.3 is 6.18 Å². The fourth-order valence-corrected chi connectivity index (χ4v) is 2.32. The number of aliphatic hydroxyl groups is 1. The summed E-state index contributed by atoms with van der Waals surface area (Å²) >= 11 is 0. The second kappa shape index (κ2) is 5.48. The largest absolute Gasteiger partial charge is 0.414 e.